The summed E-state index contributed by atoms with van der Waals surface area (Å²) in [7, 11) is 1.58. The molecule has 0 aliphatic carbocycles. The fourth-order valence-electron chi connectivity index (χ4n) is 2.82. The third-order valence-corrected chi connectivity index (χ3v) is 4.26. The molecule has 0 aliphatic heterocycles. The number of anilines is 1. The lowest BCUT2D eigenvalue weighted by molar-refractivity contribution is 0.101. The summed E-state index contributed by atoms with van der Waals surface area (Å²) in [4.78, 5) is 12.8. The zero-order chi connectivity index (χ0) is 18.7. The first-order valence-corrected chi connectivity index (χ1v) is 8.39. The van der Waals surface area contributed by atoms with E-state index in [9.17, 15) is 4.79 Å². The van der Waals surface area contributed by atoms with E-state index >= 15 is 0 Å². The predicted octanol–water partition coefficient (Wildman–Crippen LogP) is 3.59. The van der Waals surface area contributed by atoms with Crippen molar-refractivity contribution in [1.29, 1.82) is 0 Å². The molecule has 6 nitrogen and oxygen atoms in total. The Morgan fingerprint density at radius 3 is 2.35 bits per heavy atom. The topological polar surface area (TPSA) is 69.0 Å². The van der Waals surface area contributed by atoms with E-state index in [1.165, 1.54) is 0 Å². The number of aryl methyl sites for hydroxylation is 3. The molecule has 0 saturated carbocycles. The zero-order valence-corrected chi connectivity index (χ0v) is 15.4. The average molecular weight is 350 g/mol. The standard InChI is InChI=1S/C20H22N4O2/c1-13-8-10-16(11-9-13)24-17(12-26-4)19(22-23-24)20(25)21-18-14(2)6-5-7-15(18)3/h5-11H,12H2,1-4H3,(H,21,25). The maximum absolute atomic E-state index is 12.8. The van der Waals surface area contributed by atoms with Gasteiger partial charge in [-0.2, -0.15) is 0 Å². The number of methoxy groups -OCH3 is 1. The van der Waals surface area contributed by atoms with Crippen molar-refractivity contribution in [2.24, 2.45) is 0 Å². The van der Waals surface area contributed by atoms with E-state index < -0.39 is 0 Å². The predicted molar refractivity (Wildman–Crippen MR) is 101 cm³/mol. The number of amides is 1. The molecule has 0 unspecified atom stereocenters. The first-order chi connectivity index (χ1) is 12.5. The highest BCUT2D eigenvalue weighted by molar-refractivity contribution is 6.04. The molecule has 6 heteroatoms. The van der Waals surface area contributed by atoms with E-state index in [1.807, 2.05) is 63.2 Å². The Kier molecular flexibility index (Phi) is 5.14. The number of nitrogens with one attached hydrogen (secondary N) is 1. The van der Waals surface area contributed by atoms with Gasteiger partial charge in [0.1, 0.15) is 5.69 Å². The van der Waals surface area contributed by atoms with Gasteiger partial charge in [0.2, 0.25) is 0 Å². The Labute approximate surface area is 152 Å². The number of hydrogen-bond acceptors (Lipinski definition) is 4. The van der Waals surface area contributed by atoms with E-state index in [-0.39, 0.29) is 18.2 Å². The van der Waals surface area contributed by atoms with E-state index in [0.29, 0.717) is 5.69 Å². The van der Waals surface area contributed by atoms with Crippen LogP contribution in [-0.2, 0) is 11.3 Å². The average Bonchev–Trinajstić information content (AvgIpc) is 3.03. The highest BCUT2D eigenvalue weighted by Crippen LogP contribution is 2.21. The highest BCUT2D eigenvalue weighted by atomic mass is 16.5. The van der Waals surface area contributed by atoms with Gasteiger partial charge in [-0.05, 0) is 44.0 Å². The Balaban J connectivity index is 1.97. The van der Waals surface area contributed by atoms with Crippen LogP contribution < -0.4 is 5.32 Å². The number of carbonyl (C=O) groups is 1. The van der Waals surface area contributed by atoms with Gasteiger partial charge in [0.15, 0.2) is 5.69 Å². The molecule has 0 bridgehead atoms. The van der Waals surface area contributed by atoms with Gasteiger partial charge in [0.25, 0.3) is 5.91 Å². The van der Waals surface area contributed by atoms with Crippen molar-refractivity contribution in [1.82, 2.24) is 15.0 Å². The first-order valence-electron chi connectivity index (χ1n) is 8.39. The van der Waals surface area contributed by atoms with Crippen molar-refractivity contribution in [2.75, 3.05) is 12.4 Å². The van der Waals surface area contributed by atoms with Gasteiger partial charge in [0.05, 0.1) is 12.3 Å². The molecular weight excluding hydrogens is 328 g/mol. The van der Waals surface area contributed by atoms with E-state index in [0.717, 1.165) is 28.1 Å². The molecule has 0 aliphatic rings. The van der Waals surface area contributed by atoms with Crippen LogP contribution in [0.4, 0.5) is 5.69 Å². The number of para-hydroxylation sites is 1. The van der Waals surface area contributed by atoms with Crippen molar-refractivity contribution in [3.05, 3.63) is 70.5 Å². The van der Waals surface area contributed by atoms with E-state index in [2.05, 4.69) is 15.6 Å². The molecule has 3 aromatic rings. The minimum Gasteiger partial charge on any atom is -0.378 e. The summed E-state index contributed by atoms with van der Waals surface area (Å²) in [6.07, 6.45) is 0. The summed E-state index contributed by atoms with van der Waals surface area (Å²) in [5.74, 6) is -0.298. The molecule has 3 rings (SSSR count). The third-order valence-electron chi connectivity index (χ3n) is 4.26. The van der Waals surface area contributed by atoms with Crippen molar-refractivity contribution < 1.29 is 9.53 Å². The fourth-order valence-corrected chi connectivity index (χ4v) is 2.82. The lowest BCUT2D eigenvalue weighted by Gasteiger charge is -2.11. The Morgan fingerprint density at radius 1 is 1.08 bits per heavy atom. The molecule has 0 radical (unpaired) electrons. The van der Waals surface area contributed by atoms with Crippen LogP contribution in [0.15, 0.2) is 42.5 Å². The highest BCUT2D eigenvalue weighted by Gasteiger charge is 2.21. The van der Waals surface area contributed by atoms with Crippen molar-refractivity contribution in [3.8, 4) is 5.69 Å². The van der Waals surface area contributed by atoms with E-state index in [4.69, 9.17) is 4.74 Å². The van der Waals surface area contributed by atoms with Gasteiger partial charge in [-0.15, -0.1) is 5.10 Å². The molecule has 0 saturated heterocycles. The number of benzene rings is 2. The second kappa shape index (κ2) is 7.49. The largest absolute Gasteiger partial charge is 0.378 e. The minimum absolute atomic E-state index is 0.233. The first kappa shape index (κ1) is 17.8. The van der Waals surface area contributed by atoms with Crippen LogP contribution >= 0.6 is 0 Å². The quantitative estimate of drug-likeness (QED) is 0.763. The molecule has 0 atom stereocenters. The fraction of sp³-hybridized carbons (Fsp3) is 0.250. The molecule has 1 N–H and O–H groups in total. The number of carbonyl (C=O) groups excluding carboxylic acids is 1. The van der Waals surface area contributed by atoms with Gasteiger partial charge >= 0.3 is 0 Å². The Morgan fingerprint density at radius 2 is 1.73 bits per heavy atom. The maximum atomic E-state index is 12.8. The van der Waals surface area contributed by atoms with Crippen LogP contribution in [0.1, 0.15) is 32.9 Å². The molecule has 134 valence electrons. The zero-order valence-electron chi connectivity index (χ0n) is 15.4. The second-order valence-corrected chi connectivity index (χ2v) is 6.29. The molecular formula is C20H22N4O2. The lowest BCUT2D eigenvalue weighted by Crippen LogP contribution is -2.17. The summed E-state index contributed by atoms with van der Waals surface area (Å²) >= 11 is 0. The molecule has 1 heterocycles. The van der Waals surface area contributed by atoms with Gasteiger partial charge in [0, 0.05) is 12.8 Å². The summed E-state index contributed by atoms with van der Waals surface area (Å²) in [6.45, 7) is 6.17. The smallest absolute Gasteiger partial charge is 0.278 e. The number of rotatable bonds is 5. The van der Waals surface area contributed by atoms with Crippen LogP contribution in [0, 0.1) is 20.8 Å². The molecule has 2 aromatic carbocycles. The van der Waals surface area contributed by atoms with Crippen LogP contribution in [-0.4, -0.2) is 28.0 Å². The molecule has 1 amide bonds. The number of nitrogens with zero attached hydrogens (tertiary/aromatic N) is 3. The van der Waals surface area contributed by atoms with Crippen LogP contribution in [0.3, 0.4) is 0 Å². The second-order valence-electron chi connectivity index (χ2n) is 6.29. The summed E-state index contributed by atoms with van der Waals surface area (Å²) < 4.78 is 6.92. The molecule has 26 heavy (non-hydrogen) atoms. The van der Waals surface area contributed by atoms with Gasteiger partial charge in [-0.3, -0.25) is 4.79 Å². The monoisotopic (exact) mass is 350 g/mol. The number of ether oxygens (including phenoxy) is 1. The number of aromatic nitrogens is 3. The Hall–Kier alpha value is -2.99. The summed E-state index contributed by atoms with van der Waals surface area (Å²) in [5.41, 5.74) is 5.65. The summed E-state index contributed by atoms with van der Waals surface area (Å²) in [5, 5.41) is 11.2. The third kappa shape index (κ3) is 3.50. The molecule has 1 aromatic heterocycles. The SMILES string of the molecule is COCc1c(C(=O)Nc2c(C)cccc2C)nnn1-c1ccc(C)cc1. The molecule has 0 fully saturated rings. The lowest BCUT2D eigenvalue weighted by atomic mass is 10.1. The molecule has 0 spiro atoms. The normalized spacial score (nSPS) is 10.8. The van der Waals surface area contributed by atoms with Crippen LogP contribution in [0.25, 0.3) is 5.69 Å². The van der Waals surface area contributed by atoms with Crippen molar-refractivity contribution >= 4 is 11.6 Å². The van der Waals surface area contributed by atoms with Gasteiger partial charge in [-0.1, -0.05) is 41.1 Å². The van der Waals surface area contributed by atoms with Gasteiger partial charge < -0.3 is 10.1 Å². The van der Waals surface area contributed by atoms with Crippen molar-refractivity contribution in [3.63, 3.8) is 0 Å². The Bertz CT molecular complexity index is 909. The van der Waals surface area contributed by atoms with Crippen molar-refractivity contribution in [2.45, 2.75) is 27.4 Å². The van der Waals surface area contributed by atoms with E-state index in [1.54, 1.807) is 11.8 Å². The maximum Gasteiger partial charge on any atom is 0.278 e. The number of hydrogen-bond donors (Lipinski definition) is 1. The van der Waals surface area contributed by atoms with Crippen LogP contribution in [0.5, 0.6) is 0 Å². The van der Waals surface area contributed by atoms with Crippen LogP contribution in [0.2, 0.25) is 0 Å². The minimum atomic E-state index is -0.298. The summed E-state index contributed by atoms with van der Waals surface area (Å²) in [6, 6.07) is 13.7. The van der Waals surface area contributed by atoms with Gasteiger partial charge in [-0.25, -0.2) is 4.68 Å².